The second-order valence-electron chi connectivity index (χ2n) is 5.11. The number of hydrogen-bond donors (Lipinski definition) is 0. The predicted molar refractivity (Wildman–Crippen MR) is 85.7 cm³/mol. The molecule has 116 valence electrons. The summed E-state index contributed by atoms with van der Waals surface area (Å²) in [5.41, 5.74) is 3.15. The molecule has 0 fully saturated rings. The van der Waals surface area contributed by atoms with E-state index in [1.165, 1.54) is 0 Å². The monoisotopic (exact) mass is 342 g/mol. The van der Waals surface area contributed by atoms with Crippen LogP contribution in [0.3, 0.4) is 0 Å². The predicted octanol–water partition coefficient (Wildman–Crippen LogP) is 3.07. The minimum absolute atomic E-state index is 0. The molecular formula is C18H18CrN4. The van der Waals surface area contributed by atoms with Gasteiger partial charge in [0.2, 0.25) is 0 Å². The minimum atomic E-state index is 0. The maximum Gasteiger partial charge on any atom is 0.0544 e. The Morgan fingerprint density at radius 2 is 0.913 bits per heavy atom. The number of pyridine rings is 3. The first-order valence-electron chi connectivity index (χ1n) is 7.32. The second kappa shape index (κ2) is 9.16. The van der Waals surface area contributed by atoms with Crippen LogP contribution in [0.15, 0.2) is 73.2 Å². The van der Waals surface area contributed by atoms with Gasteiger partial charge in [-0.3, -0.25) is 19.9 Å². The maximum absolute atomic E-state index is 4.42. The summed E-state index contributed by atoms with van der Waals surface area (Å²) in [4.78, 5) is 15.6. The van der Waals surface area contributed by atoms with Gasteiger partial charge in [0.05, 0.1) is 17.1 Å². The number of hydrogen-bond acceptors (Lipinski definition) is 4. The Balaban J connectivity index is 0.00000192. The van der Waals surface area contributed by atoms with Crippen molar-refractivity contribution in [3.05, 3.63) is 90.3 Å². The van der Waals surface area contributed by atoms with Gasteiger partial charge >= 0.3 is 0 Å². The molecule has 0 unspecified atom stereocenters. The van der Waals surface area contributed by atoms with Crippen LogP contribution in [0.1, 0.15) is 17.1 Å². The van der Waals surface area contributed by atoms with Crippen LogP contribution in [0.5, 0.6) is 0 Å². The zero-order chi connectivity index (χ0) is 15.0. The van der Waals surface area contributed by atoms with Crippen molar-refractivity contribution in [2.75, 3.05) is 0 Å². The van der Waals surface area contributed by atoms with Crippen molar-refractivity contribution in [2.24, 2.45) is 0 Å². The molecule has 0 amide bonds. The zero-order valence-electron chi connectivity index (χ0n) is 12.7. The normalized spacial score (nSPS) is 10.3. The molecule has 0 spiro atoms. The van der Waals surface area contributed by atoms with E-state index >= 15 is 0 Å². The van der Waals surface area contributed by atoms with E-state index in [0.717, 1.165) is 36.7 Å². The third kappa shape index (κ3) is 5.57. The summed E-state index contributed by atoms with van der Waals surface area (Å²) in [6, 6.07) is 18.0. The molecular weight excluding hydrogens is 324 g/mol. The summed E-state index contributed by atoms with van der Waals surface area (Å²) in [6.45, 7) is 2.32. The molecule has 23 heavy (non-hydrogen) atoms. The quantitative estimate of drug-likeness (QED) is 0.690. The van der Waals surface area contributed by atoms with E-state index in [4.69, 9.17) is 0 Å². The largest absolute Gasteiger partial charge is 0.286 e. The van der Waals surface area contributed by atoms with Crippen LogP contribution in [0.2, 0.25) is 0 Å². The van der Waals surface area contributed by atoms with Crippen molar-refractivity contribution in [3.63, 3.8) is 0 Å². The van der Waals surface area contributed by atoms with Gasteiger partial charge in [-0.1, -0.05) is 18.2 Å². The standard InChI is InChI=1S/C18H18N4.Cr/c1-4-10-19-16(7-1)13-22(14-17-8-2-5-11-20-17)15-18-9-3-6-12-21-18;/h1-12H,13-15H2;. The van der Waals surface area contributed by atoms with E-state index in [9.17, 15) is 0 Å². The minimum Gasteiger partial charge on any atom is -0.286 e. The van der Waals surface area contributed by atoms with Gasteiger partial charge < -0.3 is 0 Å². The van der Waals surface area contributed by atoms with Gasteiger partial charge in [0.15, 0.2) is 0 Å². The Morgan fingerprint density at radius 1 is 0.565 bits per heavy atom. The molecule has 0 aliphatic carbocycles. The number of nitrogens with zero attached hydrogens (tertiary/aromatic N) is 4. The van der Waals surface area contributed by atoms with E-state index in [-0.39, 0.29) is 17.4 Å². The summed E-state index contributed by atoms with van der Waals surface area (Å²) in [7, 11) is 0. The molecule has 0 saturated heterocycles. The molecule has 0 bridgehead atoms. The zero-order valence-corrected chi connectivity index (χ0v) is 14.0. The molecule has 4 nitrogen and oxygen atoms in total. The second-order valence-corrected chi connectivity index (χ2v) is 5.11. The molecule has 0 N–H and O–H groups in total. The van der Waals surface area contributed by atoms with Gasteiger partial charge in [0.1, 0.15) is 0 Å². The first kappa shape index (κ1) is 17.3. The average Bonchev–Trinajstić information content (AvgIpc) is 2.57. The topological polar surface area (TPSA) is 41.9 Å². The molecule has 0 atom stereocenters. The molecule has 0 radical (unpaired) electrons. The third-order valence-corrected chi connectivity index (χ3v) is 3.34. The summed E-state index contributed by atoms with van der Waals surface area (Å²) >= 11 is 0. The van der Waals surface area contributed by atoms with Crippen LogP contribution < -0.4 is 0 Å². The molecule has 3 rings (SSSR count). The fourth-order valence-electron chi connectivity index (χ4n) is 2.33. The molecule has 0 aliphatic heterocycles. The van der Waals surface area contributed by atoms with Crippen LogP contribution in [-0.4, -0.2) is 19.9 Å². The van der Waals surface area contributed by atoms with Crippen molar-refractivity contribution >= 4 is 0 Å². The van der Waals surface area contributed by atoms with Crippen molar-refractivity contribution in [2.45, 2.75) is 19.6 Å². The van der Waals surface area contributed by atoms with Gasteiger partial charge in [-0.15, -0.1) is 0 Å². The third-order valence-electron chi connectivity index (χ3n) is 3.34. The van der Waals surface area contributed by atoms with Gasteiger partial charge in [0, 0.05) is 55.6 Å². The fraction of sp³-hybridized carbons (Fsp3) is 0.167. The van der Waals surface area contributed by atoms with Gasteiger partial charge in [-0.2, -0.15) is 0 Å². The van der Waals surface area contributed by atoms with E-state index in [2.05, 4.69) is 19.9 Å². The first-order valence-corrected chi connectivity index (χ1v) is 7.32. The van der Waals surface area contributed by atoms with Gasteiger partial charge in [0.25, 0.3) is 0 Å². The molecule has 5 heteroatoms. The van der Waals surface area contributed by atoms with Gasteiger partial charge in [-0.25, -0.2) is 0 Å². The van der Waals surface area contributed by atoms with Crippen LogP contribution in [0.4, 0.5) is 0 Å². The Hall–Kier alpha value is -2.06. The van der Waals surface area contributed by atoms with E-state index in [1.54, 1.807) is 0 Å². The van der Waals surface area contributed by atoms with Crippen LogP contribution in [0.25, 0.3) is 0 Å². The van der Waals surface area contributed by atoms with Crippen LogP contribution in [0, 0.1) is 0 Å². The number of aromatic nitrogens is 3. The van der Waals surface area contributed by atoms with Crippen molar-refractivity contribution in [1.82, 2.24) is 19.9 Å². The van der Waals surface area contributed by atoms with Gasteiger partial charge in [-0.05, 0) is 36.4 Å². The Labute approximate surface area is 147 Å². The molecule has 3 aromatic rings. The van der Waals surface area contributed by atoms with Crippen LogP contribution in [-0.2, 0) is 37.0 Å². The summed E-state index contributed by atoms with van der Waals surface area (Å²) in [5.74, 6) is 0. The van der Waals surface area contributed by atoms with E-state index in [0.29, 0.717) is 0 Å². The smallest absolute Gasteiger partial charge is 0.0544 e. The summed E-state index contributed by atoms with van der Waals surface area (Å²) < 4.78 is 0. The SMILES string of the molecule is [Cr].c1ccc(CN(Cc2ccccn2)Cc2ccccn2)nc1. The Kier molecular flexibility index (Phi) is 6.89. The van der Waals surface area contributed by atoms with Crippen molar-refractivity contribution in [1.29, 1.82) is 0 Å². The van der Waals surface area contributed by atoms with Crippen LogP contribution >= 0.6 is 0 Å². The molecule has 0 aliphatic rings. The molecule has 3 aromatic heterocycles. The summed E-state index contributed by atoms with van der Waals surface area (Å²) in [5, 5.41) is 0. The molecule has 0 aromatic carbocycles. The fourth-order valence-corrected chi connectivity index (χ4v) is 2.33. The molecule has 3 heterocycles. The van der Waals surface area contributed by atoms with E-state index in [1.807, 2.05) is 73.2 Å². The van der Waals surface area contributed by atoms with E-state index < -0.39 is 0 Å². The molecule has 0 saturated carbocycles. The summed E-state index contributed by atoms with van der Waals surface area (Å²) in [6.07, 6.45) is 5.49. The Bertz CT molecular complexity index is 578. The number of rotatable bonds is 6. The average molecular weight is 342 g/mol. The maximum atomic E-state index is 4.42. The van der Waals surface area contributed by atoms with Crippen molar-refractivity contribution in [3.8, 4) is 0 Å². The first-order chi connectivity index (χ1) is 10.9. The van der Waals surface area contributed by atoms with Crippen molar-refractivity contribution < 1.29 is 17.4 Å². The Morgan fingerprint density at radius 3 is 1.17 bits per heavy atom.